The first kappa shape index (κ1) is 16.7. The molecule has 0 heterocycles. The predicted molar refractivity (Wildman–Crippen MR) is 82.4 cm³/mol. The van der Waals surface area contributed by atoms with Crippen LogP contribution in [-0.2, 0) is 4.79 Å². The lowest BCUT2D eigenvalue weighted by Gasteiger charge is -2.12. The summed E-state index contributed by atoms with van der Waals surface area (Å²) >= 11 is 0. The van der Waals surface area contributed by atoms with Crippen LogP contribution in [0.5, 0.6) is 5.75 Å². The zero-order valence-corrected chi connectivity index (χ0v) is 12.8. The minimum Gasteiger partial charge on any atom is -0.490 e. The number of nitrogens with one attached hydrogen (secondary N) is 2. The SMILES string of the molecule is COc1ccc(C(=O)NCC(=O)NC2CCCC2)cc1[N+](=O)[O-]. The summed E-state index contributed by atoms with van der Waals surface area (Å²) in [5.41, 5.74) is -0.193. The van der Waals surface area contributed by atoms with Crippen molar-refractivity contribution in [3.63, 3.8) is 0 Å². The number of nitro groups is 1. The molecule has 0 unspecified atom stereocenters. The second kappa shape index (κ2) is 7.57. The number of nitro benzene ring substituents is 1. The first-order valence-electron chi connectivity index (χ1n) is 7.41. The molecular formula is C15H19N3O5. The van der Waals surface area contributed by atoms with Crippen molar-refractivity contribution in [3.8, 4) is 5.75 Å². The number of rotatable bonds is 6. The molecule has 0 atom stereocenters. The molecule has 0 saturated heterocycles. The molecule has 2 rings (SSSR count). The van der Waals surface area contributed by atoms with E-state index in [1.54, 1.807) is 0 Å². The van der Waals surface area contributed by atoms with Gasteiger partial charge >= 0.3 is 5.69 Å². The summed E-state index contributed by atoms with van der Waals surface area (Å²) in [4.78, 5) is 34.1. The lowest BCUT2D eigenvalue weighted by atomic mass is 10.1. The lowest BCUT2D eigenvalue weighted by Crippen LogP contribution is -2.40. The largest absolute Gasteiger partial charge is 0.490 e. The fraction of sp³-hybridized carbons (Fsp3) is 0.467. The van der Waals surface area contributed by atoms with Crippen molar-refractivity contribution in [2.75, 3.05) is 13.7 Å². The third-order valence-electron chi connectivity index (χ3n) is 3.77. The summed E-state index contributed by atoms with van der Waals surface area (Å²) in [5, 5.41) is 16.3. The van der Waals surface area contributed by atoms with E-state index in [4.69, 9.17) is 4.74 Å². The van der Waals surface area contributed by atoms with Gasteiger partial charge in [-0.05, 0) is 25.0 Å². The molecule has 8 nitrogen and oxygen atoms in total. The van der Waals surface area contributed by atoms with Gasteiger partial charge in [0.05, 0.1) is 18.6 Å². The van der Waals surface area contributed by atoms with E-state index in [9.17, 15) is 19.7 Å². The fourth-order valence-corrected chi connectivity index (χ4v) is 2.59. The Bertz CT molecular complexity index is 611. The molecule has 23 heavy (non-hydrogen) atoms. The Balaban J connectivity index is 1.93. The maximum absolute atomic E-state index is 12.0. The number of carbonyl (C=O) groups excluding carboxylic acids is 2. The molecule has 1 fully saturated rings. The summed E-state index contributed by atoms with van der Waals surface area (Å²) in [6.07, 6.45) is 4.13. The van der Waals surface area contributed by atoms with Gasteiger partial charge in [0.1, 0.15) is 0 Å². The number of nitrogens with zero attached hydrogens (tertiary/aromatic N) is 1. The second-order valence-electron chi connectivity index (χ2n) is 5.38. The highest BCUT2D eigenvalue weighted by atomic mass is 16.6. The molecule has 8 heteroatoms. The highest BCUT2D eigenvalue weighted by Gasteiger charge is 2.20. The van der Waals surface area contributed by atoms with Crippen LogP contribution in [0.2, 0.25) is 0 Å². The van der Waals surface area contributed by atoms with Crippen LogP contribution in [0, 0.1) is 10.1 Å². The summed E-state index contributed by atoms with van der Waals surface area (Å²) in [7, 11) is 1.31. The number of hydrogen-bond donors (Lipinski definition) is 2. The van der Waals surface area contributed by atoms with Crippen LogP contribution in [-0.4, -0.2) is 36.4 Å². The van der Waals surface area contributed by atoms with Crippen LogP contribution in [0.3, 0.4) is 0 Å². The molecule has 1 aromatic carbocycles. The fourth-order valence-electron chi connectivity index (χ4n) is 2.59. The molecule has 1 aliphatic rings. The van der Waals surface area contributed by atoms with Crippen LogP contribution in [0.15, 0.2) is 18.2 Å². The van der Waals surface area contributed by atoms with Crippen molar-refractivity contribution in [2.24, 2.45) is 0 Å². The van der Waals surface area contributed by atoms with Gasteiger partial charge in [-0.2, -0.15) is 0 Å². The molecule has 0 bridgehead atoms. The van der Waals surface area contributed by atoms with Gasteiger partial charge in [-0.15, -0.1) is 0 Å². The minimum absolute atomic E-state index is 0.0746. The van der Waals surface area contributed by atoms with Crippen LogP contribution in [0.25, 0.3) is 0 Å². The topological polar surface area (TPSA) is 111 Å². The van der Waals surface area contributed by atoms with Crippen molar-refractivity contribution in [2.45, 2.75) is 31.7 Å². The Hall–Kier alpha value is -2.64. The van der Waals surface area contributed by atoms with E-state index in [0.29, 0.717) is 0 Å². The van der Waals surface area contributed by atoms with Crippen LogP contribution in [0.4, 0.5) is 5.69 Å². The smallest absolute Gasteiger partial charge is 0.311 e. The minimum atomic E-state index is -0.623. The predicted octanol–water partition coefficient (Wildman–Crippen LogP) is 1.39. The van der Waals surface area contributed by atoms with Gasteiger partial charge in [0, 0.05) is 17.7 Å². The number of carbonyl (C=O) groups is 2. The molecule has 2 amide bonds. The molecule has 0 radical (unpaired) electrons. The van der Waals surface area contributed by atoms with Crippen molar-refractivity contribution < 1.29 is 19.2 Å². The van der Waals surface area contributed by atoms with Gasteiger partial charge in [0.15, 0.2) is 5.75 Å². The Kier molecular flexibility index (Phi) is 5.51. The van der Waals surface area contributed by atoms with Crippen molar-refractivity contribution in [3.05, 3.63) is 33.9 Å². The molecule has 1 saturated carbocycles. The number of amides is 2. The Morgan fingerprint density at radius 1 is 1.35 bits per heavy atom. The Morgan fingerprint density at radius 3 is 2.65 bits per heavy atom. The molecule has 1 aromatic rings. The quantitative estimate of drug-likeness (QED) is 0.607. The standard InChI is InChI=1S/C15H19N3O5/c1-23-13-7-6-10(8-12(13)18(21)22)15(20)16-9-14(19)17-11-4-2-3-5-11/h6-8,11H,2-5,9H2,1H3,(H,16,20)(H,17,19). The molecule has 0 aliphatic heterocycles. The summed E-state index contributed by atoms with van der Waals surface area (Å²) in [6.45, 7) is -0.158. The summed E-state index contributed by atoms with van der Waals surface area (Å²) in [5.74, 6) is -0.726. The first-order chi connectivity index (χ1) is 11.0. The van der Waals surface area contributed by atoms with E-state index in [2.05, 4.69) is 10.6 Å². The van der Waals surface area contributed by atoms with Crippen LogP contribution >= 0.6 is 0 Å². The van der Waals surface area contributed by atoms with Gasteiger partial charge in [-0.25, -0.2) is 0 Å². The van der Waals surface area contributed by atoms with Gasteiger partial charge in [0.25, 0.3) is 5.91 Å². The molecule has 0 spiro atoms. The number of ether oxygens (including phenoxy) is 1. The zero-order chi connectivity index (χ0) is 16.8. The van der Waals surface area contributed by atoms with Crippen LogP contribution < -0.4 is 15.4 Å². The zero-order valence-electron chi connectivity index (χ0n) is 12.8. The molecule has 124 valence electrons. The highest BCUT2D eigenvalue weighted by Crippen LogP contribution is 2.27. The average Bonchev–Trinajstić information content (AvgIpc) is 3.04. The van der Waals surface area contributed by atoms with Crippen molar-refractivity contribution in [1.82, 2.24) is 10.6 Å². The van der Waals surface area contributed by atoms with E-state index in [1.165, 1.54) is 19.2 Å². The van der Waals surface area contributed by atoms with Gasteiger partial charge in [-0.1, -0.05) is 12.8 Å². The first-order valence-corrected chi connectivity index (χ1v) is 7.41. The van der Waals surface area contributed by atoms with E-state index in [0.717, 1.165) is 31.7 Å². The number of benzene rings is 1. The van der Waals surface area contributed by atoms with Gasteiger partial charge < -0.3 is 15.4 Å². The monoisotopic (exact) mass is 321 g/mol. The van der Waals surface area contributed by atoms with E-state index < -0.39 is 10.8 Å². The maximum Gasteiger partial charge on any atom is 0.311 e. The third kappa shape index (κ3) is 4.41. The van der Waals surface area contributed by atoms with E-state index in [-0.39, 0.29) is 35.5 Å². The van der Waals surface area contributed by atoms with Gasteiger partial charge in [0.2, 0.25) is 5.91 Å². The lowest BCUT2D eigenvalue weighted by molar-refractivity contribution is -0.385. The summed E-state index contributed by atoms with van der Waals surface area (Å²) in [6, 6.07) is 4.08. The Morgan fingerprint density at radius 2 is 2.04 bits per heavy atom. The van der Waals surface area contributed by atoms with Crippen molar-refractivity contribution >= 4 is 17.5 Å². The molecule has 1 aliphatic carbocycles. The Labute approximate surface area is 133 Å². The third-order valence-corrected chi connectivity index (χ3v) is 3.77. The van der Waals surface area contributed by atoms with Crippen molar-refractivity contribution in [1.29, 1.82) is 0 Å². The molecule has 2 N–H and O–H groups in total. The van der Waals surface area contributed by atoms with Gasteiger partial charge in [-0.3, -0.25) is 19.7 Å². The molecule has 0 aromatic heterocycles. The maximum atomic E-state index is 12.0. The van der Waals surface area contributed by atoms with Crippen LogP contribution in [0.1, 0.15) is 36.0 Å². The number of hydrogen-bond acceptors (Lipinski definition) is 5. The normalized spacial score (nSPS) is 14.3. The highest BCUT2D eigenvalue weighted by molar-refractivity contribution is 5.97. The van der Waals surface area contributed by atoms with E-state index in [1.807, 2.05) is 0 Å². The summed E-state index contributed by atoms with van der Waals surface area (Å²) < 4.78 is 4.88. The number of methoxy groups -OCH3 is 1. The van der Waals surface area contributed by atoms with E-state index >= 15 is 0 Å². The average molecular weight is 321 g/mol. The molecular weight excluding hydrogens is 302 g/mol. The second-order valence-corrected chi connectivity index (χ2v) is 5.38.